The van der Waals surface area contributed by atoms with Crippen LogP contribution in [-0.2, 0) is 49.7 Å². The van der Waals surface area contributed by atoms with Gasteiger partial charge in [0.25, 0.3) is 0 Å². The molecule has 0 spiro atoms. The lowest BCUT2D eigenvalue weighted by molar-refractivity contribution is -0.338. The Kier molecular flexibility index (Phi) is 10.1. The maximum absolute atomic E-state index is 12.0. The van der Waals surface area contributed by atoms with Gasteiger partial charge in [-0.05, 0) is 5.56 Å². The SMILES string of the molecule is CC(=O)N[C@H]1[C@@H](OCc2ccccc2)O[C@H](CO)[C@H](OS(=O)(=O)O)[C@@H]1O[C@@H]1O[C@H](C(=O)O)[C@@H](O)[C@H](O)[C@H]1O. The van der Waals surface area contributed by atoms with E-state index in [1.165, 1.54) is 0 Å². The first kappa shape index (κ1) is 30.3. The highest BCUT2D eigenvalue weighted by Crippen LogP contribution is 2.32. The van der Waals surface area contributed by atoms with Crippen LogP contribution in [0.4, 0.5) is 0 Å². The van der Waals surface area contributed by atoms with Gasteiger partial charge >= 0.3 is 16.4 Å². The number of carbonyl (C=O) groups is 2. The van der Waals surface area contributed by atoms with Crippen LogP contribution in [0, 0.1) is 0 Å². The van der Waals surface area contributed by atoms with E-state index in [1.807, 2.05) is 0 Å². The van der Waals surface area contributed by atoms with Gasteiger partial charge in [0, 0.05) is 6.92 Å². The lowest BCUT2D eigenvalue weighted by Gasteiger charge is -2.47. The van der Waals surface area contributed by atoms with Crippen molar-refractivity contribution in [3.8, 4) is 0 Å². The highest BCUT2D eigenvalue weighted by atomic mass is 32.3. The molecule has 17 heteroatoms. The van der Waals surface area contributed by atoms with Crippen molar-refractivity contribution in [2.24, 2.45) is 0 Å². The summed E-state index contributed by atoms with van der Waals surface area (Å²) in [6.07, 6.45) is -17.0. The van der Waals surface area contributed by atoms with Crippen LogP contribution >= 0.6 is 0 Å². The first-order valence-electron chi connectivity index (χ1n) is 11.2. The molecule has 0 aliphatic carbocycles. The lowest BCUT2D eigenvalue weighted by atomic mass is 9.95. The summed E-state index contributed by atoms with van der Waals surface area (Å²) in [7, 11) is -5.23. The minimum atomic E-state index is -5.23. The number of aliphatic carboxylic acids is 1. The third-order valence-corrected chi connectivity index (χ3v) is 6.26. The second-order valence-electron chi connectivity index (χ2n) is 8.57. The molecule has 1 amide bonds. The standard InChI is InChI=1S/C21H29NO15S/c1-9(24)22-12-17(35-21-15(27)13(25)14(26)18(36-21)19(28)29)16(37-38(30,31)32)11(7-23)34-20(12)33-8-10-5-3-2-4-6-10/h2-6,11-18,20-21,23,25-27H,7-8H2,1H3,(H,22,24)(H,28,29)(H,30,31,32)/t11-,12-,13+,14+,15-,16+,17-,18+,20+,21-/m1/s1. The largest absolute Gasteiger partial charge is 0.479 e. The molecule has 0 saturated carbocycles. The summed E-state index contributed by atoms with van der Waals surface area (Å²) >= 11 is 0. The molecule has 0 unspecified atom stereocenters. The maximum atomic E-state index is 12.0. The van der Waals surface area contributed by atoms with E-state index in [0.29, 0.717) is 5.56 Å². The molecule has 38 heavy (non-hydrogen) atoms. The van der Waals surface area contributed by atoms with E-state index in [9.17, 15) is 48.1 Å². The fourth-order valence-corrected chi connectivity index (χ4v) is 4.59. The number of benzene rings is 1. The fraction of sp³-hybridized carbons (Fsp3) is 0.619. The smallest absolute Gasteiger partial charge is 0.397 e. The molecule has 214 valence electrons. The van der Waals surface area contributed by atoms with Gasteiger partial charge in [0.05, 0.1) is 13.2 Å². The molecule has 2 aliphatic heterocycles. The van der Waals surface area contributed by atoms with Crippen LogP contribution in [0.2, 0.25) is 0 Å². The molecular weight excluding hydrogens is 538 g/mol. The van der Waals surface area contributed by atoms with Crippen LogP contribution in [0.3, 0.4) is 0 Å². The molecule has 3 rings (SSSR count). The summed E-state index contributed by atoms with van der Waals surface area (Å²) in [6, 6.07) is 7.17. The van der Waals surface area contributed by atoms with E-state index >= 15 is 0 Å². The second kappa shape index (κ2) is 12.7. The van der Waals surface area contributed by atoms with E-state index in [-0.39, 0.29) is 6.61 Å². The van der Waals surface area contributed by atoms with Crippen molar-refractivity contribution in [3.63, 3.8) is 0 Å². The molecule has 1 aromatic carbocycles. The van der Waals surface area contributed by atoms with Crippen LogP contribution in [0.5, 0.6) is 0 Å². The normalized spacial score (nSPS) is 35.9. The molecule has 0 radical (unpaired) electrons. The van der Waals surface area contributed by atoms with Gasteiger partial charge in [0.1, 0.15) is 42.7 Å². The Morgan fingerprint density at radius 1 is 1.00 bits per heavy atom. The van der Waals surface area contributed by atoms with Gasteiger partial charge in [-0.15, -0.1) is 0 Å². The Bertz CT molecular complexity index is 1060. The molecule has 7 N–H and O–H groups in total. The molecule has 16 nitrogen and oxygen atoms in total. The van der Waals surface area contributed by atoms with Crippen molar-refractivity contribution in [2.45, 2.75) is 74.9 Å². The molecule has 10 atom stereocenters. The van der Waals surface area contributed by atoms with Gasteiger partial charge in [-0.1, -0.05) is 30.3 Å². The zero-order valence-corrected chi connectivity index (χ0v) is 20.7. The summed E-state index contributed by atoms with van der Waals surface area (Å²) in [5.74, 6) is -2.41. The summed E-state index contributed by atoms with van der Waals surface area (Å²) < 4.78 is 59.3. The first-order valence-corrected chi connectivity index (χ1v) is 12.6. The molecule has 2 heterocycles. The Labute approximate surface area is 216 Å². The number of hydrogen-bond acceptors (Lipinski definition) is 13. The van der Waals surface area contributed by atoms with Gasteiger partial charge < -0.3 is 49.8 Å². The Morgan fingerprint density at radius 3 is 2.21 bits per heavy atom. The van der Waals surface area contributed by atoms with Crippen molar-refractivity contribution >= 4 is 22.3 Å². The Hall–Kier alpha value is -2.29. The minimum absolute atomic E-state index is 0.0924. The average molecular weight is 568 g/mol. The van der Waals surface area contributed by atoms with Crippen molar-refractivity contribution < 1.29 is 71.2 Å². The highest BCUT2D eigenvalue weighted by Gasteiger charge is 2.54. The summed E-state index contributed by atoms with van der Waals surface area (Å²) in [5.41, 5.74) is 0.666. The minimum Gasteiger partial charge on any atom is -0.479 e. The van der Waals surface area contributed by atoms with Crippen LogP contribution in [0.1, 0.15) is 12.5 Å². The molecule has 0 aromatic heterocycles. The summed E-state index contributed by atoms with van der Waals surface area (Å²) in [6.45, 7) is 0.0880. The lowest BCUT2D eigenvalue weighted by Crippen LogP contribution is -2.68. The van der Waals surface area contributed by atoms with Gasteiger partial charge in [0.15, 0.2) is 18.7 Å². The molecule has 2 fully saturated rings. The molecular formula is C21H29NO15S. The fourth-order valence-electron chi connectivity index (χ4n) is 4.07. The number of carboxylic acids is 1. The number of nitrogens with one attached hydrogen (secondary N) is 1. The number of rotatable bonds is 10. The number of carboxylic acid groups (broad SMARTS) is 1. The van der Waals surface area contributed by atoms with Gasteiger partial charge in [-0.3, -0.25) is 9.35 Å². The topological polar surface area (TPSA) is 248 Å². The quantitative estimate of drug-likeness (QED) is 0.138. The zero-order chi connectivity index (χ0) is 28.2. The van der Waals surface area contributed by atoms with Gasteiger partial charge in [-0.2, -0.15) is 8.42 Å². The predicted molar refractivity (Wildman–Crippen MR) is 120 cm³/mol. The average Bonchev–Trinajstić information content (AvgIpc) is 2.84. The number of aliphatic hydroxyl groups is 4. The Balaban J connectivity index is 1.98. The molecule has 1 aromatic rings. The van der Waals surface area contributed by atoms with Gasteiger partial charge in [0.2, 0.25) is 5.91 Å². The van der Waals surface area contributed by atoms with Crippen molar-refractivity contribution in [3.05, 3.63) is 35.9 Å². The summed E-state index contributed by atoms with van der Waals surface area (Å²) in [5, 5.41) is 52.1. The van der Waals surface area contributed by atoms with Crippen LogP contribution in [0.25, 0.3) is 0 Å². The van der Waals surface area contributed by atoms with Crippen molar-refractivity contribution in [1.29, 1.82) is 0 Å². The number of carbonyl (C=O) groups excluding carboxylic acids is 1. The highest BCUT2D eigenvalue weighted by molar-refractivity contribution is 7.80. The van der Waals surface area contributed by atoms with E-state index in [1.54, 1.807) is 30.3 Å². The predicted octanol–water partition coefficient (Wildman–Crippen LogP) is -3.11. The third kappa shape index (κ3) is 7.42. The van der Waals surface area contributed by atoms with Crippen LogP contribution in [-0.4, -0.2) is 118 Å². The Morgan fingerprint density at radius 2 is 1.66 bits per heavy atom. The van der Waals surface area contributed by atoms with E-state index in [0.717, 1.165) is 6.92 Å². The number of ether oxygens (including phenoxy) is 4. The van der Waals surface area contributed by atoms with E-state index < -0.39 is 90.2 Å². The van der Waals surface area contributed by atoms with Crippen molar-refractivity contribution in [1.82, 2.24) is 5.32 Å². The zero-order valence-electron chi connectivity index (χ0n) is 19.8. The van der Waals surface area contributed by atoms with E-state index in [2.05, 4.69) is 9.50 Å². The summed E-state index contributed by atoms with van der Waals surface area (Å²) in [4.78, 5) is 23.5. The van der Waals surface area contributed by atoms with Crippen molar-refractivity contribution in [2.75, 3.05) is 6.61 Å². The van der Waals surface area contributed by atoms with Crippen LogP contribution in [0.15, 0.2) is 30.3 Å². The number of aliphatic hydroxyl groups excluding tert-OH is 4. The van der Waals surface area contributed by atoms with Crippen LogP contribution < -0.4 is 5.32 Å². The monoisotopic (exact) mass is 567 g/mol. The van der Waals surface area contributed by atoms with E-state index in [4.69, 9.17) is 18.9 Å². The number of amides is 1. The molecule has 0 bridgehead atoms. The number of hydrogen-bond donors (Lipinski definition) is 7. The molecule has 2 saturated heterocycles. The molecule has 2 aliphatic rings. The second-order valence-corrected chi connectivity index (χ2v) is 9.62. The maximum Gasteiger partial charge on any atom is 0.397 e. The third-order valence-electron chi connectivity index (χ3n) is 5.79. The first-order chi connectivity index (χ1) is 17.8. The van der Waals surface area contributed by atoms with Gasteiger partial charge in [-0.25, -0.2) is 8.98 Å².